The lowest BCUT2D eigenvalue weighted by atomic mass is 10.2. The van der Waals surface area contributed by atoms with Gasteiger partial charge < -0.3 is 9.72 Å². The van der Waals surface area contributed by atoms with Crippen molar-refractivity contribution in [1.82, 2.24) is 4.98 Å². The third-order valence-corrected chi connectivity index (χ3v) is 1.74. The van der Waals surface area contributed by atoms with Crippen LogP contribution in [0.15, 0.2) is 29.3 Å². The Morgan fingerprint density at radius 3 is 3.07 bits per heavy atom. The zero-order valence-corrected chi connectivity index (χ0v) is 8.53. The predicted molar refractivity (Wildman–Crippen MR) is 57.3 cm³/mol. The van der Waals surface area contributed by atoms with E-state index in [4.69, 9.17) is 4.74 Å². The van der Waals surface area contributed by atoms with Gasteiger partial charge in [-0.15, -0.1) is 0 Å². The van der Waals surface area contributed by atoms with Crippen molar-refractivity contribution in [2.75, 3.05) is 6.61 Å². The zero-order chi connectivity index (χ0) is 11.1. The van der Waals surface area contributed by atoms with Crippen molar-refractivity contribution in [2.45, 2.75) is 13.3 Å². The number of nitrogens with one attached hydrogen (secondary N) is 1. The van der Waals surface area contributed by atoms with Gasteiger partial charge in [-0.2, -0.15) is 0 Å². The Labute approximate surface area is 87.6 Å². The van der Waals surface area contributed by atoms with E-state index in [0.29, 0.717) is 12.2 Å². The highest BCUT2D eigenvalue weighted by Crippen LogP contribution is 1.95. The highest BCUT2D eigenvalue weighted by atomic mass is 16.5. The van der Waals surface area contributed by atoms with Crippen LogP contribution >= 0.6 is 0 Å². The van der Waals surface area contributed by atoms with Gasteiger partial charge in [0.15, 0.2) is 5.43 Å². The summed E-state index contributed by atoms with van der Waals surface area (Å²) in [5.41, 5.74) is 0.454. The van der Waals surface area contributed by atoms with Crippen LogP contribution in [-0.4, -0.2) is 17.6 Å². The SMILES string of the molecule is CCOC(=O)CC=Cc1c[nH]ccc1=O. The van der Waals surface area contributed by atoms with Crippen molar-refractivity contribution in [3.8, 4) is 0 Å². The molecule has 0 saturated carbocycles. The molecule has 0 saturated heterocycles. The van der Waals surface area contributed by atoms with Crippen LogP contribution in [0.5, 0.6) is 0 Å². The van der Waals surface area contributed by atoms with Crippen LogP contribution < -0.4 is 5.43 Å². The topological polar surface area (TPSA) is 59.2 Å². The maximum Gasteiger partial charge on any atom is 0.309 e. The number of hydrogen-bond donors (Lipinski definition) is 1. The Morgan fingerprint density at radius 1 is 1.60 bits per heavy atom. The molecule has 0 aliphatic heterocycles. The molecule has 0 unspecified atom stereocenters. The largest absolute Gasteiger partial charge is 0.466 e. The van der Waals surface area contributed by atoms with Crippen LogP contribution in [0.4, 0.5) is 0 Å². The lowest BCUT2D eigenvalue weighted by Gasteiger charge is -1.96. The smallest absolute Gasteiger partial charge is 0.309 e. The number of pyridine rings is 1. The molecule has 1 aromatic rings. The monoisotopic (exact) mass is 207 g/mol. The maximum absolute atomic E-state index is 11.2. The van der Waals surface area contributed by atoms with Crippen LogP contribution in [-0.2, 0) is 9.53 Å². The Balaban J connectivity index is 2.56. The third-order valence-electron chi connectivity index (χ3n) is 1.74. The molecule has 1 aromatic heterocycles. The van der Waals surface area contributed by atoms with Gasteiger partial charge in [0.2, 0.25) is 0 Å². The average Bonchev–Trinajstić information content (AvgIpc) is 2.21. The van der Waals surface area contributed by atoms with Crippen molar-refractivity contribution in [1.29, 1.82) is 0 Å². The molecular formula is C11H13NO3. The van der Waals surface area contributed by atoms with E-state index >= 15 is 0 Å². The minimum Gasteiger partial charge on any atom is -0.466 e. The summed E-state index contributed by atoms with van der Waals surface area (Å²) in [4.78, 5) is 25.0. The molecule has 0 atom stereocenters. The molecule has 0 radical (unpaired) electrons. The molecule has 0 amide bonds. The number of ether oxygens (including phenoxy) is 1. The maximum atomic E-state index is 11.2. The first-order chi connectivity index (χ1) is 7.24. The van der Waals surface area contributed by atoms with Gasteiger partial charge in [0, 0.05) is 24.0 Å². The molecule has 0 aromatic carbocycles. The second kappa shape index (κ2) is 5.80. The number of carbonyl (C=O) groups is 1. The Bertz CT molecular complexity index is 406. The van der Waals surface area contributed by atoms with Crippen LogP contribution in [0.25, 0.3) is 6.08 Å². The van der Waals surface area contributed by atoms with Crippen molar-refractivity contribution in [3.63, 3.8) is 0 Å². The van der Waals surface area contributed by atoms with Crippen LogP contribution in [0.3, 0.4) is 0 Å². The van der Waals surface area contributed by atoms with E-state index in [1.165, 1.54) is 6.07 Å². The van der Waals surface area contributed by atoms with E-state index in [0.717, 1.165) is 0 Å². The van der Waals surface area contributed by atoms with Crippen molar-refractivity contribution >= 4 is 12.0 Å². The first-order valence-electron chi connectivity index (χ1n) is 4.73. The summed E-state index contributed by atoms with van der Waals surface area (Å²) in [6, 6.07) is 1.43. The van der Waals surface area contributed by atoms with Gasteiger partial charge in [0.1, 0.15) is 0 Å². The molecule has 0 fully saturated rings. The van der Waals surface area contributed by atoms with E-state index < -0.39 is 0 Å². The van der Waals surface area contributed by atoms with E-state index in [1.807, 2.05) is 0 Å². The average molecular weight is 207 g/mol. The molecule has 0 aliphatic rings. The lowest BCUT2D eigenvalue weighted by Crippen LogP contribution is -2.03. The van der Waals surface area contributed by atoms with E-state index in [-0.39, 0.29) is 17.8 Å². The second-order valence-corrected chi connectivity index (χ2v) is 2.88. The number of aromatic amines is 1. The van der Waals surface area contributed by atoms with Crippen molar-refractivity contribution in [2.24, 2.45) is 0 Å². The van der Waals surface area contributed by atoms with Crippen molar-refractivity contribution < 1.29 is 9.53 Å². The van der Waals surface area contributed by atoms with Crippen LogP contribution in [0, 0.1) is 0 Å². The highest BCUT2D eigenvalue weighted by Gasteiger charge is 1.97. The molecule has 1 heterocycles. The number of carbonyl (C=O) groups excluding carboxylic acids is 1. The Hall–Kier alpha value is -1.84. The minimum absolute atomic E-state index is 0.0751. The first-order valence-corrected chi connectivity index (χ1v) is 4.73. The number of aromatic nitrogens is 1. The van der Waals surface area contributed by atoms with Gasteiger partial charge >= 0.3 is 5.97 Å². The van der Waals surface area contributed by atoms with Gasteiger partial charge in [-0.05, 0) is 6.92 Å². The molecule has 15 heavy (non-hydrogen) atoms. The summed E-state index contributed by atoms with van der Waals surface area (Å²) in [6.07, 6.45) is 6.55. The molecule has 1 N–H and O–H groups in total. The second-order valence-electron chi connectivity index (χ2n) is 2.88. The number of hydrogen-bond acceptors (Lipinski definition) is 3. The van der Waals surface area contributed by atoms with Gasteiger partial charge in [0.05, 0.1) is 13.0 Å². The molecule has 80 valence electrons. The fraction of sp³-hybridized carbons (Fsp3) is 0.273. The molecule has 1 rings (SSSR count). The predicted octanol–water partition coefficient (Wildman–Crippen LogP) is 1.34. The summed E-state index contributed by atoms with van der Waals surface area (Å²) < 4.78 is 4.73. The summed E-state index contributed by atoms with van der Waals surface area (Å²) in [5, 5.41) is 0. The standard InChI is InChI=1S/C11H13NO3/c1-2-15-11(14)5-3-4-9-8-12-7-6-10(9)13/h3-4,6-8H,2,5H2,1H3,(H,12,13). The van der Waals surface area contributed by atoms with E-state index in [1.54, 1.807) is 31.5 Å². The Kier molecular flexibility index (Phi) is 4.34. The number of rotatable bonds is 4. The summed E-state index contributed by atoms with van der Waals surface area (Å²) in [5.74, 6) is -0.291. The van der Waals surface area contributed by atoms with E-state index in [9.17, 15) is 9.59 Å². The zero-order valence-electron chi connectivity index (χ0n) is 8.53. The quantitative estimate of drug-likeness (QED) is 0.758. The van der Waals surface area contributed by atoms with Crippen LogP contribution in [0.1, 0.15) is 18.9 Å². The first kappa shape index (κ1) is 11.2. The molecule has 4 nitrogen and oxygen atoms in total. The summed E-state index contributed by atoms with van der Waals surface area (Å²) in [7, 11) is 0. The van der Waals surface area contributed by atoms with E-state index in [2.05, 4.69) is 4.98 Å². The number of esters is 1. The van der Waals surface area contributed by atoms with Gasteiger partial charge in [-0.3, -0.25) is 9.59 Å². The lowest BCUT2D eigenvalue weighted by molar-refractivity contribution is -0.142. The van der Waals surface area contributed by atoms with Gasteiger partial charge in [-0.25, -0.2) is 0 Å². The van der Waals surface area contributed by atoms with Gasteiger partial charge in [0.25, 0.3) is 0 Å². The molecule has 0 aliphatic carbocycles. The summed E-state index contributed by atoms with van der Waals surface area (Å²) >= 11 is 0. The van der Waals surface area contributed by atoms with Crippen molar-refractivity contribution in [3.05, 3.63) is 40.3 Å². The highest BCUT2D eigenvalue weighted by molar-refractivity contribution is 5.72. The molecule has 0 bridgehead atoms. The number of H-pyrrole nitrogens is 1. The third kappa shape index (κ3) is 3.81. The van der Waals surface area contributed by atoms with Crippen LogP contribution in [0.2, 0.25) is 0 Å². The molecule has 4 heteroatoms. The normalized spacial score (nSPS) is 10.5. The van der Waals surface area contributed by atoms with Gasteiger partial charge in [-0.1, -0.05) is 12.2 Å². The Morgan fingerprint density at radius 2 is 2.40 bits per heavy atom. The molecule has 0 spiro atoms. The molecular weight excluding hydrogens is 194 g/mol. The fourth-order valence-corrected chi connectivity index (χ4v) is 1.06. The minimum atomic E-state index is -0.291. The fourth-order valence-electron chi connectivity index (χ4n) is 1.06. The summed E-state index contributed by atoms with van der Waals surface area (Å²) in [6.45, 7) is 2.13.